The molecule has 1 aromatic rings. The van der Waals surface area contributed by atoms with E-state index in [4.69, 9.17) is 0 Å². The zero-order valence-corrected chi connectivity index (χ0v) is 14.2. The minimum atomic E-state index is -0.348. The number of urea groups is 1. The van der Waals surface area contributed by atoms with Crippen LogP contribution in [0.25, 0.3) is 0 Å². The first kappa shape index (κ1) is 17.5. The van der Waals surface area contributed by atoms with Crippen molar-refractivity contribution in [3.05, 3.63) is 47.8 Å². The van der Waals surface area contributed by atoms with Crippen molar-refractivity contribution < 1.29 is 14.0 Å². The van der Waals surface area contributed by atoms with Crippen LogP contribution in [0.5, 0.6) is 0 Å². The fourth-order valence-electron chi connectivity index (χ4n) is 3.56. The van der Waals surface area contributed by atoms with Gasteiger partial charge in [0.25, 0.3) is 0 Å². The lowest BCUT2D eigenvalue weighted by molar-refractivity contribution is -0.120. The van der Waals surface area contributed by atoms with E-state index in [2.05, 4.69) is 22.8 Å². The van der Waals surface area contributed by atoms with Gasteiger partial charge in [-0.2, -0.15) is 0 Å². The summed E-state index contributed by atoms with van der Waals surface area (Å²) in [4.78, 5) is 25.9. The highest BCUT2D eigenvalue weighted by molar-refractivity contribution is 5.78. The first-order chi connectivity index (χ1) is 12.1. The largest absolute Gasteiger partial charge is 0.354 e. The van der Waals surface area contributed by atoms with Crippen molar-refractivity contribution >= 4 is 11.9 Å². The number of halogens is 1. The van der Waals surface area contributed by atoms with E-state index in [0.29, 0.717) is 30.5 Å². The quantitative estimate of drug-likeness (QED) is 0.634. The van der Waals surface area contributed by atoms with Crippen molar-refractivity contribution in [2.75, 3.05) is 26.2 Å². The Bertz CT molecular complexity index is 646. The number of likely N-dealkylation sites (tertiary alicyclic amines) is 1. The summed E-state index contributed by atoms with van der Waals surface area (Å²) in [7, 11) is 0. The maximum Gasteiger partial charge on any atom is 0.317 e. The summed E-state index contributed by atoms with van der Waals surface area (Å²) in [6, 6.07) is 5.94. The number of hydrogen-bond donors (Lipinski definition) is 2. The Labute approximate surface area is 147 Å². The van der Waals surface area contributed by atoms with Crippen LogP contribution in [-0.2, 0) is 11.2 Å². The lowest BCUT2D eigenvalue weighted by Gasteiger charge is -2.17. The number of amides is 3. The highest BCUT2D eigenvalue weighted by Crippen LogP contribution is 2.32. The van der Waals surface area contributed by atoms with Crippen LogP contribution in [0.2, 0.25) is 0 Å². The molecular formula is C19H24FN3O2. The summed E-state index contributed by atoms with van der Waals surface area (Å²) in [5.41, 5.74) is 0.634. The van der Waals surface area contributed by atoms with Crippen LogP contribution >= 0.6 is 0 Å². The Morgan fingerprint density at radius 3 is 2.44 bits per heavy atom. The number of benzene rings is 1. The Kier molecular flexibility index (Phi) is 5.68. The zero-order chi connectivity index (χ0) is 17.6. The summed E-state index contributed by atoms with van der Waals surface area (Å²) >= 11 is 0. The van der Waals surface area contributed by atoms with Gasteiger partial charge in [-0.15, -0.1) is 0 Å². The average molecular weight is 345 g/mol. The molecule has 1 aromatic carbocycles. The third kappa shape index (κ3) is 4.81. The Morgan fingerprint density at radius 2 is 1.76 bits per heavy atom. The molecule has 3 rings (SSSR count). The van der Waals surface area contributed by atoms with Crippen molar-refractivity contribution in [2.24, 2.45) is 11.8 Å². The lowest BCUT2D eigenvalue weighted by atomic mass is 9.86. The van der Waals surface area contributed by atoms with Crippen molar-refractivity contribution in [1.82, 2.24) is 15.5 Å². The molecule has 1 saturated heterocycles. The van der Waals surface area contributed by atoms with Gasteiger partial charge in [0.05, 0.1) is 6.42 Å². The van der Waals surface area contributed by atoms with Crippen LogP contribution in [0.4, 0.5) is 9.18 Å². The molecule has 1 fully saturated rings. The molecule has 2 unspecified atom stereocenters. The van der Waals surface area contributed by atoms with E-state index in [1.165, 1.54) is 12.1 Å². The smallest absolute Gasteiger partial charge is 0.317 e. The van der Waals surface area contributed by atoms with Crippen LogP contribution in [0.3, 0.4) is 0 Å². The van der Waals surface area contributed by atoms with Crippen molar-refractivity contribution in [3.63, 3.8) is 0 Å². The van der Waals surface area contributed by atoms with Gasteiger partial charge in [-0.1, -0.05) is 24.3 Å². The molecule has 1 aliphatic heterocycles. The van der Waals surface area contributed by atoms with E-state index in [1.54, 1.807) is 12.1 Å². The van der Waals surface area contributed by atoms with E-state index >= 15 is 0 Å². The molecule has 6 heteroatoms. The summed E-state index contributed by atoms with van der Waals surface area (Å²) in [6.45, 7) is 2.37. The molecule has 2 aliphatic rings. The third-order valence-corrected chi connectivity index (χ3v) is 4.89. The molecule has 2 N–H and O–H groups in total. The van der Waals surface area contributed by atoms with Crippen LogP contribution in [0, 0.1) is 17.7 Å². The van der Waals surface area contributed by atoms with Gasteiger partial charge in [0.15, 0.2) is 0 Å². The second-order valence-electron chi connectivity index (χ2n) is 6.76. The van der Waals surface area contributed by atoms with Gasteiger partial charge < -0.3 is 15.5 Å². The van der Waals surface area contributed by atoms with Crippen LogP contribution in [0.15, 0.2) is 36.4 Å². The number of carbonyl (C=O) groups excluding carboxylic acids is 2. The maximum absolute atomic E-state index is 13.1. The van der Waals surface area contributed by atoms with Crippen LogP contribution in [-0.4, -0.2) is 43.0 Å². The second kappa shape index (κ2) is 8.14. The number of fused-ring (bicyclic) bond motifs is 1. The monoisotopic (exact) mass is 345 g/mol. The van der Waals surface area contributed by atoms with E-state index in [-0.39, 0.29) is 24.2 Å². The minimum absolute atomic E-state index is 0.0613. The number of allylic oxidation sites excluding steroid dienone is 2. The fraction of sp³-hybridized carbons (Fsp3) is 0.474. The van der Waals surface area contributed by atoms with Crippen molar-refractivity contribution in [3.8, 4) is 0 Å². The molecule has 134 valence electrons. The van der Waals surface area contributed by atoms with Gasteiger partial charge in [0.2, 0.25) is 5.91 Å². The topological polar surface area (TPSA) is 61.4 Å². The van der Waals surface area contributed by atoms with Gasteiger partial charge in [0.1, 0.15) is 5.82 Å². The Hall–Kier alpha value is -2.37. The summed E-state index contributed by atoms with van der Waals surface area (Å²) < 4.78 is 13.1. The SMILES string of the molecule is O=C(Cc1cccc(F)c1)NCCNC(=O)N1CC2CC=CCC2C1. The van der Waals surface area contributed by atoms with E-state index in [1.807, 2.05) is 4.90 Å². The van der Waals surface area contributed by atoms with Crippen molar-refractivity contribution in [2.45, 2.75) is 19.3 Å². The molecule has 2 atom stereocenters. The van der Waals surface area contributed by atoms with Gasteiger partial charge in [-0.05, 0) is 42.4 Å². The molecule has 0 spiro atoms. The number of rotatable bonds is 5. The third-order valence-electron chi connectivity index (χ3n) is 4.89. The van der Waals surface area contributed by atoms with E-state index in [0.717, 1.165) is 25.9 Å². The van der Waals surface area contributed by atoms with Crippen LogP contribution < -0.4 is 10.6 Å². The maximum atomic E-state index is 13.1. The second-order valence-corrected chi connectivity index (χ2v) is 6.76. The molecule has 5 nitrogen and oxygen atoms in total. The first-order valence-electron chi connectivity index (χ1n) is 8.81. The molecule has 0 saturated carbocycles. The predicted molar refractivity (Wildman–Crippen MR) is 93.4 cm³/mol. The van der Waals surface area contributed by atoms with Gasteiger partial charge in [0, 0.05) is 26.2 Å². The molecule has 0 bridgehead atoms. The van der Waals surface area contributed by atoms with Crippen molar-refractivity contribution in [1.29, 1.82) is 0 Å². The Balaban J connectivity index is 1.33. The first-order valence-corrected chi connectivity index (χ1v) is 8.81. The number of nitrogens with zero attached hydrogens (tertiary/aromatic N) is 1. The molecule has 0 aromatic heterocycles. The Morgan fingerprint density at radius 1 is 1.08 bits per heavy atom. The molecule has 3 amide bonds. The lowest BCUT2D eigenvalue weighted by Crippen LogP contribution is -2.42. The summed E-state index contributed by atoms with van der Waals surface area (Å²) in [6.07, 6.45) is 6.66. The number of nitrogens with one attached hydrogen (secondary N) is 2. The van der Waals surface area contributed by atoms with Gasteiger partial charge >= 0.3 is 6.03 Å². The molecule has 1 heterocycles. The highest BCUT2D eigenvalue weighted by atomic mass is 19.1. The molecular weight excluding hydrogens is 321 g/mol. The summed E-state index contributed by atoms with van der Waals surface area (Å²) in [5.74, 6) is 0.639. The average Bonchev–Trinajstić information content (AvgIpc) is 3.03. The number of hydrogen-bond acceptors (Lipinski definition) is 2. The van der Waals surface area contributed by atoms with E-state index < -0.39 is 0 Å². The summed E-state index contributed by atoms with van der Waals surface area (Å²) in [5, 5.41) is 5.60. The van der Waals surface area contributed by atoms with E-state index in [9.17, 15) is 14.0 Å². The zero-order valence-electron chi connectivity index (χ0n) is 14.2. The molecule has 1 aliphatic carbocycles. The van der Waals surface area contributed by atoms with Gasteiger partial charge in [-0.25, -0.2) is 9.18 Å². The highest BCUT2D eigenvalue weighted by Gasteiger charge is 2.34. The predicted octanol–water partition coefficient (Wildman–Crippen LogP) is 2.09. The normalized spacial score (nSPS) is 21.7. The fourth-order valence-corrected chi connectivity index (χ4v) is 3.56. The van der Waals surface area contributed by atoms with Crippen LogP contribution in [0.1, 0.15) is 18.4 Å². The molecule has 25 heavy (non-hydrogen) atoms. The van der Waals surface area contributed by atoms with Gasteiger partial charge in [-0.3, -0.25) is 4.79 Å². The minimum Gasteiger partial charge on any atom is -0.354 e. The molecule has 0 radical (unpaired) electrons. The number of carbonyl (C=O) groups is 2. The standard InChI is InChI=1S/C19H24FN3O2/c20-17-7-3-4-14(10-17)11-18(24)21-8-9-22-19(25)23-12-15-5-1-2-6-16(15)13-23/h1-4,7,10,15-16H,5-6,8-9,11-13H2,(H,21,24)(H,22,25).